The van der Waals surface area contributed by atoms with Gasteiger partial charge in [0.15, 0.2) is 11.5 Å². The highest BCUT2D eigenvalue weighted by molar-refractivity contribution is 7.89. The summed E-state index contributed by atoms with van der Waals surface area (Å²) in [6.45, 7) is 2.48. The van der Waals surface area contributed by atoms with Crippen molar-refractivity contribution >= 4 is 21.1 Å². The van der Waals surface area contributed by atoms with Crippen LogP contribution in [0.3, 0.4) is 0 Å². The van der Waals surface area contributed by atoms with Crippen LogP contribution in [0.2, 0.25) is 0 Å². The number of aromatic nitrogens is 2. The number of rotatable bonds is 7. The van der Waals surface area contributed by atoms with Gasteiger partial charge in [-0.2, -0.15) is 0 Å². The topological polar surface area (TPSA) is 91.6 Å². The van der Waals surface area contributed by atoms with E-state index in [-0.39, 0.29) is 17.1 Å². The molecule has 150 valence electrons. The lowest BCUT2D eigenvalue weighted by atomic mass is 10.2. The zero-order valence-corrected chi connectivity index (χ0v) is 17.0. The first-order valence-corrected chi connectivity index (χ1v) is 10.2. The molecule has 28 heavy (non-hydrogen) atoms. The Morgan fingerprint density at radius 3 is 2.39 bits per heavy atom. The molecule has 2 aromatic carbocycles. The molecule has 0 saturated carbocycles. The number of ether oxygens (including phenoxy) is 2. The Hall–Kier alpha value is -2.78. The highest BCUT2D eigenvalue weighted by Crippen LogP contribution is 2.28. The smallest absolute Gasteiger partial charge is 0.328 e. The lowest BCUT2D eigenvalue weighted by Crippen LogP contribution is -2.23. The first-order chi connectivity index (χ1) is 13.3. The predicted octanol–water partition coefficient (Wildman–Crippen LogP) is 1.76. The van der Waals surface area contributed by atoms with Crippen LogP contribution < -0.4 is 19.9 Å². The lowest BCUT2D eigenvalue weighted by molar-refractivity contribution is 0.310. The fourth-order valence-electron chi connectivity index (χ4n) is 3.01. The van der Waals surface area contributed by atoms with Gasteiger partial charge in [0.2, 0.25) is 10.0 Å². The average Bonchev–Trinajstić information content (AvgIpc) is 2.91. The Labute approximate surface area is 163 Å². The maximum atomic E-state index is 12.7. The first kappa shape index (κ1) is 20.0. The fraction of sp³-hybridized carbons (Fsp3) is 0.316. The van der Waals surface area contributed by atoms with Gasteiger partial charge in [-0.05, 0) is 42.8 Å². The first-order valence-electron chi connectivity index (χ1n) is 8.73. The van der Waals surface area contributed by atoms with Crippen molar-refractivity contribution in [3.05, 3.63) is 52.4 Å². The van der Waals surface area contributed by atoms with Gasteiger partial charge in [-0.15, -0.1) is 0 Å². The monoisotopic (exact) mass is 405 g/mol. The summed E-state index contributed by atoms with van der Waals surface area (Å²) in [4.78, 5) is 12.1. The number of sulfonamides is 1. The summed E-state index contributed by atoms with van der Waals surface area (Å²) in [6, 6.07) is 9.88. The highest BCUT2D eigenvalue weighted by Gasteiger charge is 2.17. The number of benzene rings is 2. The zero-order chi connectivity index (χ0) is 20.5. The van der Waals surface area contributed by atoms with Crippen molar-refractivity contribution in [1.82, 2.24) is 13.9 Å². The van der Waals surface area contributed by atoms with Crippen molar-refractivity contribution in [1.29, 1.82) is 0 Å². The van der Waals surface area contributed by atoms with Gasteiger partial charge in [0.05, 0.1) is 29.6 Å². The van der Waals surface area contributed by atoms with Crippen LogP contribution in [0.25, 0.3) is 11.0 Å². The van der Waals surface area contributed by atoms with Crippen molar-refractivity contribution in [2.75, 3.05) is 13.7 Å². The molecule has 1 N–H and O–H groups in total. The Morgan fingerprint density at radius 2 is 1.71 bits per heavy atom. The number of methoxy groups -OCH3 is 1. The summed E-state index contributed by atoms with van der Waals surface area (Å²) < 4.78 is 41.7. The van der Waals surface area contributed by atoms with Gasteiger partial charge in [0, 0.05) is 20.6 Å². The standard InChI is InChI=1S/C19H23N3O5S/c1-5-27-17-9-6-13(10-18(17)26-4)12-20-28(24,25)14-7-8-15-16(11-14)22(3)19(23)21(15)2/h6-11,20H,5,12H2,1-4H3. The van der Waals surface area contributed by atoms with E-state index in [1.807, 2.05) is 6.92 Å². The second-order valence-corrected chi connectivity index (χ2v) is 8.06. The lowest BCUT2D eigenvalue weighted by Gasteiger charge is -2.12. The maximum absolute atomic E-state index is 12.7. The molecule has 8 nitrogen and oxygen atoms in total. The summed E-state index contributed by atoms with van der Waals surface area (Å²) >= 11 is 0. The molecule has 0 atom stereocenters. The second kappa shape index (κ2) is 7.69. The van der Waals surface area contributed by atoms with E-state index in [0.717, 1.165) is 5.56 Å². The van der Waals surface area contributed by atoms with E-state index in [1.165, 1.54) is 28.4 Å². The number of aryl methyl sites for hydroxylation is 2. The summed E-state index contributed by atoms with van der Waals surface area (Å²) in [6.07, 6.45) is 0. The Morgan fingerprint density at radius 1 is 1.00 bits per heavy atom. The summed E-state index contributed by atoms with van der Waals surface area (Å²) in [5, 5.41) is 0. The van der Waals surface area contributed by atoms with Crippen molar-refractivity contribution < 1.29 is 17.9 Å². The molecule has 0 aliphatic carbocycles. The molecular formula is C19H23N3O5S. The van der Waals surface area contributed by atoms with E-state index < -0.39 is 10.0 Å². The minimum Gasteiger partial charge on any atom is -0.493 e. The minimum absolute atomic E-state index is 0.0941. The van der Waals surface area contributed by atoms with E-state index in [9.17, 15) is 13.2 Å². The van der Waals surface area contributed by atoms with Crippen molar-refractivity contribution in [3.8, 4) is 11.5 Å². The molecule has 0 unspecified atom stereocenters. The number of nitrogens with one attached hydrogen (secondary N) is 1. The third kappa shape index (κ3) is 3.63. The molecule has 0 aliphatic heterocycles. The van der Waals surface area contributed by atoms with Gasteiger partial charge in [-0.3, -0.25) is 9.13 Å². The van der Waals surface area contributed by atoms with E-state index in [0.29, 0.717) is 29.1 Å². The Bertz CT molecular complexity index is 1180. The predicted molar refractivity (Wildman–Crippen MR) is 106 cm³/mol. The number of hydrogen-bond donors (Lipinski definition) is 1. The van der Waals surface area contributed by atoms with Gasteiger partial charge in [-0.25, -0.2) is 17.9 Å². The zero-order valence-electron chi connectivity index (χ0n) is 16.2. The number of imidazole rings is 1. The Kier molecular flexibility index (Phi) is 5.48. The maximum Gasteiger partial charge on any atom is 0.328 e. The summed E-state index contributed by atoms with van der Waals surface area (Å²) in [7, 11) is 1.04. The molecule has 3 aromatic rings. The second-order valence-electron chi connectivity index (χ2n) is 6.29. The molecule has 0 saturated heterocycles. The molecule has 0 aliphatic rings. The van der Waals surface area contributed by atoms with Crippen LogP contribution in [0.1, 0.15) is 12.5 Å². The van der Waals surface area contributed by atoms with Crippen LogP contribution in [-0.2, 0) is 30.7 Å². The number of fused-ring (bicyclic) bond motifs is 1. The molecule has 9 heteroatoms. The molecule has 1 aromatic heterocycles. The fourth-order valence-corrected chi connectivity index (χ4v) is 4.05. The average molecular weight is 405 g/mol. The minimum atomic E-state index is -3.76. The van der Waals surface area contributed by atoms with E-state index in [2.05, 4.69) is 4.72 Å². The van der Waals surface area contributed by atoms with Crippen LogP contribution in [-0.4, -0.2) is 31.3 Å². The van der Waals surface area contributed by atoms with Gasteiger partial charge in [0.1, 0.15) is 0 Å². The molecule has 0 amide bonds. The number of hydrogen-bond acceptors (Lipinski definition) is 5. The van der Waals surface area contributed by atoms with Crippen molar-refractivity contribution in [2.24, 2.45) is 14.1 Å². The Balaban J connectivity index is 1.85. The molecule has 0 fully saturated rings. The normalized spacial score (nSPS) is 11.7. The largest absolute Gasteiger partial charge is 0.493 e. The van der Waals surface area contributed by atoms with Crippen LogP contribution >= 0.6 is 0 Å². The molecule has 0 spiro atoms. The molecule has 1 heterocycles. The third-order valence-electron chi connectivity index (χ3n) is 4.55. The summed E-state index contributed by atoms with van der Waals surface area (Å²) in [5.74, 6) is 1.14. The SMILES string of the molecule is CCOc1ccc(CNS(=O)(=O)c2ccc3c(c2)n(C)c(=O)n3C)cc1OC. The van der Waals surface area contributed by atoms with Crippen LogP contribution in [0.5, 0.6) is 11.5 Å². The van der Waals surface area contributed by atoms with Gasteiger partial charge >= 0.3 is 5.69 Å². The van der Waals surface area contributed by atoms with Crippen LogP contribution in [0.4, 0.5) is 0 Å². The molecule has 3 rings (SSSR count). The van der Waals surface area contributed by atoms with Crippen molar-refractivity contribution in [3.63, 3.8) is 0 Å². The molecule has 0 radical (unpaired) electrons. The van der Waals surface area contributed by atoms with Gasteiger partial charge in [0.25, 0.3) is 0 Å². The number of nitrogens with zero attached hydrogens (tertiary/aromatic N) is 2. The van der Waals surface area contributed by atoms with Crippen molar-refractivity contribution in [2.45, 2.75) is 18.4 Å². The van der Waals surface area contributed by atoms with Crippen LogP contribution in [0.15, 0.2) is 46.1 Å². The van der Waals surface area contributed by atoms with E-state index >= 15 is 0 Å². The quantitative estimate of drug-likeness (QED) is 0.647. The van der Waals surface area contributed by atoms with E-state index in [1.54, 1.807) is 38.4 Å². The molecular weight excluding hydrogens is 382 g/mol. The van der Waals surface area contributed by atoms with Gasteiger partial charge < -0.3 is 9.47 Å². The van der Waals surface area contributed by atoms with Crippen LogP contribution in [0, 0.1) is 0 Å². The van der Waals surface area contributed by atoms with Gasteiger partial charge in [-0.1, -0.05) is 6.07 Å². The highest BCUT2D eigenvalue weighted by atomic mass is 32.2. The third-order valence-corrected chi connectivity index (χ3v) is 5.95. The molecule has 0 bridgehead atoms. The van der Waals surface area contributed by atoms with E-state index in [4.69, 9.17) is 9.47 Å². The summed E-state index contributed by atoms with van der Waals surface area (Å²) in [5.41, 5.74) is 1.75.